The smallest absolute Gasteiger partial charge is 0.191 e. The summed E-state index contributed by atoms with van der Waals surface area (Å²) >= 11 is 0. The lowest BCUT2D eigenvalue weighted by Gasteiger charge is -2.27. The van der Waals surface area contributed by atoms with Gasteiger partial charge in [0.2, 0.25) is 0 Å². The second-order valence-electron chi connectivity index (χ2n) is 7.61. The molecule has 0 bridgehead atoms. The van der Waals surface area contributed by atoms with Crippen molar-refractivity contribution in [3.8, 4) is 11.5 Å². The van der Waals surface area contributed by atoms with Crippen molar-refractivity contribution in [3.63, 3.8) is 0 Å². The van der Waals surface area contributed by atoms with Gasteiger partial charge in [0.05, 0.1) is 20.3 Å². The standard InChI is InChI=1S/C21H36N4O2.HI/c1-15(2)14-25-11-7-8-17(25)13-23-21(22-4)24-16(3)19-12-18(26-5)9-10-20(19)27-6;/h9-10,12,15-17H,7-8,11,13-14H2,1-6H3,(H2,22,23,24);1H/t16?,17-;/m1./s1. The number of methoxy groups -OCH3 is 2. The van der Waals surface area contributed by atoms with Crippen molar-refractivity contribution in [2.24, 2.45) is 10.9 Å². The number of nitrogens with one attached hydrogen (secondary N) is 2. The topological polar surface area (TPSA) is 58.1 Å². The summed E-state index contributed by atoms with van der Waals surface area (Å²) in [6.45, 7) is 9.95. The van der Waals surface area contributed by atoms with Crippen LogP contribution in [0.15, 0.2) is 23.2 Å². The van der Waals surface area contributed by atoms with E-state index in [4.69, 9.17) is 9.47 Å². The SMILES string of the molecule is CN=C(NC[C@H]1CCCN1CC(C)C)NC(C)c1cc(OC)ccc1OC.I. The van der Waals surface area contributed by atoms with Gasteiger partial charge in [-0.3, -0.25) is 9.89 Å². The Morgan fingerprint density at radius 1 is 1.25 bits per heavy atom. The zero-order valence-corrected chi connectivity index (χ0v) is 20.4. The third kappa shape index (κ3) is 6.99. The number of ether oxygens (including phenoxy) is 2. The van der Waals surface area contributed by atoms with Gasteiger partial charge in [-0.25, -0.2) is 0 Å². The minimum atomic E-state index is 0. The first-order valence-corrected chi connectivity index (χ1v) is 9.91. The van der Waals surface area contributed by atoms with E-state index in [0.717, 1.165) is 36.1 Å². The maximum absolute atomic E-state index is 5.51. The molecule has 0 spiro atoms. The molecule has 1 aliphatic heterocycles. The fourth-order valence-electron chi connectivity index (χ4n) is 3.71. The minimum Gasteiger partial charge on any atom is -0.497 e. The molecule has 2 N–H and O–H groups in total. The van der Waals surface area contributed by atoms with Crippen molar-refractivity contribution in [1.29, 1.82) is 0 Å². The van der Waals surface area contributed by atoms with Crippen LogP contribution in [0.4, 0.5) is 0 Å². The molecule has 1 aromatic rings. The highest BCUT2D eigenvalue weighted by molar-refractivity contribution is 14.0. The average molecular weight is 504 g/mol. The number of aliphatic imine (C=N–C) groups is 1. The van der Waals surface area contributed by atoms with E-state index in [9.17, 15) is 0 Å². The van der Waals surface area contributed by atoms with E-state index >= 15 is 0 Å². The van der Waals surface area contributed by atoms with E-state index in [-0.39, 0.29) is 30.0 Å². The second-order valence-corrected chi connectivity index (χ2v) is 7.61. The molecule has 160 valence electrons. The summed E-state index contributed by atoms with van der Waals surface area (Å²) in [7, 11) is 5.18. The van der Waals surface area contributed by atoms with Gasteiger partial charge in [-0.2, -0.15) is 0 Å². The molecular formula is C21H37IN4O2. The van der Waals surface area contributed by atoms with E-state index in [2.05, 4.69) is 41.3 Å². The van der Waals surface area contributed by atoms with E-state index in [1.807, 2.05) is 25.2 Å². The highest BCUT2D eigenvalue weighted by Gasteiger charge is 2.25. The van der Waals surface area contributed by atoms with Gasteiger partial charge in [0, 0.05) is 31.7 Å². The van der Waals surface area contributed by atoms with Crippen molar-refractivity contribution in [3.05, 3.63) is 23.8 Å². The van der Waals surface area contributed by atoms with Crippen LogP contribution < -0.4 is 20.1 Å². The van der Waals surface area contributed by atoms with Crippen LogP contribution in [0.1, 0.15) is 45.2 Å². The Bertz CT molecular complexity index is 624. The molecule has 1 unspecified atom stereocenters. The van der Waals surface area contributed by atoms with Gasteiger partial charge in [-0.1, -0.05) is 13.8 Å². The Balaban J connectivity index is 0.00000392. The van der Waals surface area contributed by atoms with Gasteiger partial charge >= 0.3 is 0 Å². The quantitative estimate of drug-likeness (QED) is 0.322. The minimum absolute atomic E-state index is 0. The Labute approximate surface area is 187 Å². The number of halogens is 1. The van der Waals surface area contributed by atoms with Crippen molar-refractivity contribution in [1.82, 2.24) is 15.5 Å². The van der Waals surface area contributed by atoms with Crippen LogP contribution in [0.2, 0.25) is 0 Å². The number of hydrogen-bond donors (Lipinski definition) is 2. The summed E-state index contributed by atoms with van der Waals surface area (Å²) in [5.41, 5.74) is 1.04. The molecule has 0 radical (unpaired) electrons. The molecule has 7 heteroatoms. The first-order chi connectivity index (χ1) is 13.0. The van der Waals surface area contributed by atoms with E-state index in [0.29, 0.717) is 12.0 Å². The lowest BCUT2D eigenvalue weighted by Crippen LogP contribution is -2.46. The molecular weight excluding hydrogens is 467 g/mol. The van der Waals surface area contributed by atoms with Crippen LogP contribution in [0, 0.1) is 5.92 Å². The lowest BCUT2D eigenvalue weighted by atomic mass is 10.1. The fraction of sp³-hybridized carbons (Fsp3) is 0.667. The first-order valence-electron chi connectivity index (χ1n) is 9.91. The van der Waals surface area contributed by atoms with Gasteiger partial charge in [-0.15, -0.1) is 24.0 Å². The maximum atomic E-state index is 5.51. The summed E-state index contributed by atoms with van der Waals surface area (Å²) in [5.74, 6) is 3.16. The van der Waals surface area contributed by atoms with Crippen LogP contribution in [0.5, 0.6) is 11.5 Å². The Kier molecular flexibility index (Phi) is 11.0. The van der Waals surface area contributed by atoms with E-state index < -0.39 is 0 Å². The number of nitrogens with zero attached hydrogens (tertiary/aromatic N) is 2. The molecule has 1 heterocycles. The zero-order chi connectivity index (χ0) is 19.8. The Morgan fingerprint density at radius 3 is 2.61 bits per heavy atom. The van der Waals surface area contributed by atoms with Crippen LogP contribution in [0.25, 0.3) is 0 Å². The molecule has 0 aromatic heterocycles. The predicted octanol–water partition coefficient (Wildman–Crippen LogP) is 3.67. The zero-order valence-electron chi connectivity index (χ0n) is 18.1. The number of hydrogen-bond acceptors (Lipinski definition) is 4. The molecule has 2 atom stereocenters. The summed E-state index contributed by atoms with van der Waals surface area (Å²) in [4.78, 5) is 7.00. The molecule has 6 nitrogen and oxygen atoms in total. The number of benzene rings is 1. The van der Waals surface area contributed by atoms with E-state index in [1.54, 1.807) is 14.2 Å². The predicted molar refractivity (Wildman–Crippen MR) is 127 cm³/mol. The summed E-state index contributed by atoms with van der Waals surface area (Å²) < 4.78 is 10.9. The number of likely N-dealkylation sites (tertiary alicyclic amines) is 1. The Morgan fingerprint density at radius 2 is 2.00 bits per heavy atom. The Hall–Kier alpha value is -1.22. The average Bonchev–Trinajstić information content (AvgIpc) is 3.10. The molecule has 28 heavy (non-hydrogen) atoms. The van der Waals surface area contributed by atoms with Crippen LogP contribution >= 0.6 is 24.0 Å². The molecule has 2 rings (SSSR count). The number of guanidine groups is 1. The van der Waals surface area contributed by atoms with Gasteiger partial charge < -0.3 is 20.1 Å². The van der Waals surface area contributed by atoms with Crippen molar-refractivity contribution in [2.75, 3.05) is 40.9 Å². The number of rotatable bonds is 8. The van der Waals surface area contributed by atoms with Gasteiger partial charge in [0.1, 0.15) is 11.5 Å². The van der Waals surface area contributed by atoms with Gasteiger partial charge in [-0.05, 0) is 50.4 Å². The van der Waals surface area contributed by atoms with Crippen LogP contribution in [0.3, 0.4) is 0 Å². The second kappa shape index (κ2) is 12.4. The lowest BCUT2D eigenvalue weighted by molar-refractivity contribution is 0.226. The van der Waals surface area contributed by atoms with Crippen molar-refractivity contribution in [2.45, 2.75) is 45.7 Å². The largest absolute Gasteiger partial charge is 0.497 e. The summed E-state index contributed by atoms with van der Waals surface area (Å²) in [5, 5.41) is 6.98. The third-order valence-electron chi connectivity index (χ3n) is 5.08. The first kappa shape index (κ1) is 24.8. The molecule has 0 amide bonds. The normalized spacial score (nSPS) is 18.5. The van der Waals surface area contributed by atoms with Crippen LogP contribution in [-0.2, 0) is 0 Å². The molecule has 1 saturated heterocycles. The van der Waals surface area contributed by atoms with Crippen LogP contribution in [-0.4, -0.2) is 57.8 Å². The maximum Gasteiger partial charge on any atom is 0.191 e. The highest BCUT2D eigenvalue weighted by atomic mass is 127. The molecule has 1 aliphatic rings. The summed E-state index contributed by atoms with van der Waals surface area (Å²) in [6.07, 6.45) is 2.53. The molecule has 0 saturated carbocycles. The van der Waals surface area contributed by atoms with Crippen molar-refractivity contribution < 1.29 is 9.47 Å². The summed E-state index contributed by atoms with van der Waals surface area (Å²) in [6, 6.07) is 6.46. The molecule has 0 aliphatic carbocycles. The fourth-order valence-corrected chi connectivity index (χ4v) is 3.71. The third-order valence-corrected chi connectivity index (χ3v) is 5.08. The monoisotopic (exact) mass is 504 g/mol. The molecule has 1 aromatic carbocycles. The van der Waals surface area contributed by atoms with Gasteiger partial charge in [0.25, 0.3) is 0 Å². The highest BCUT2D eigenvalue weighted by Crippen LogP contribution is 2.29. The van der Waals surface area contributed by atoms with Crippen molar-refractivity contribution >= 4 is 29.9 Å². The van der Waals surface area contributed by atoms with E-state index in [1.165, 1.54) is 19.4 Å². The van der Waals surface area contributed by atoms with Gasteiger partial charge in [0.15, 0.2) is 5.96 Å². The molecule has 1 fully saturated rings.